The Bertz CT molecular complexity index is 597. The molecule has 100 valence electrons. The quantitative estimate of drug-likeness (QED) is 0.931. The lowest BCUT2D eigenvalue weighted by Gasteiger charge is -2.07. The van der Waals surface area contributed by atoms with Gasteiger partial charge in [0, 0.05) is 19.3 Å². The molecule has 7 heteroatoms. The molecule has 0 fully saturated rings. The van der Waals surface area contributed by atoms with Gasteiger partial charge in [-0.05, 0) is 13.0 Å². The van der Waals surface area contributed by atoms with E-state index in [1.165, 1.54) is 6.20 Å². The summed E-state index contributed by atoms with van der Waals surface area (Å²) in [6.45, 7) is 2.31. The van der Waals surface area contributed by atoms with Crippen LogP contribution in [0.25, 0.3) is 0 Å². The van der Waals surface area contributed by atoms with Gasteiger partial charge in [0.2, 0.25) is 5.88 Å². The number of ether oxygens (including phenoxy) is 1. The van der Waals surface area contributed by atoms with Crippen molar-refractivity contribution < 1.29 is 9.53 Å². The number of halogens is 1. The number of pyridine rings is 1. The fraction of sp³-hybridized carbons (Fsp3) is 0.250. The topological polar surface area (TPSA) is 69.0 Å². The average Bonchev–Trinajstić information content (AvgIpc) is 2.77. The van der Waals surface area contributed by atoms with Gasteiger partial charge < -0.3 is 10.1 Å². The first-order chi connectivity index (χ1) is 9.10. The summed E-state index contributed by atoms with van der Waals surface area (Å²) in [6, 6.07) is 3.20. The Hall–Kier alpha value is -2.08. The molecular formula is C12H13ClN4O2. The third-order valence-corrected chi connectivity index (χ3v) is 2.60. The van der Waals surface area contributed by atoms with Crippen LogP contribution in [0.2, 0.25) is 5.02 Å². The summed E-state index contributed by atoms with van der Waals surface area (Å²) in [5.41, 5.74) is 0.698. The Kier molecular flexibility index (Phi) is 4.01. The molecule has 0 aromatic carbocycles. The number of hydrogen-bond donors (Lipinski definition) is 1. The second-order valence-corrected chi connectivity index (χ2v) is 4.18. The lowest BCUT2D eigenvalue weighted by molar-refractivity contribution is 0.102. The van der Waals surface area contributed by atoms with Gasteiger partial charge in [-0.15, -0.1) is 0 Å². The summed E-state index contributed by atoms with van der Waals surface area (Å²) in [5, 5.41) is 6.89. The van der Waals surface area contributed by atoms with Crippen LogP contribution in [-0.2, 0) is 7.05 Å². The maximum atomic E-state index is 12.1. The molecule has 0 spiro atoms. The molecule has 0 atom stereocenters. The zero-order valence-corrected chi connectivity index (χ0v) is 11.3. The summed E-state index contributed by atoms with van der Waals surface area (Å²) in [4.78, 5) is 16.1. The molecular weight excluding hydrogens is 268 g/mol. The van der Waals surface area contributed by atoms with E-state index in [4.69, 9.17) is 16.3 Å². The molecule has 0 radical (unpaired) electrons. The van der Waals surface area contributed by atoms with Gasteiger partial charge in [0.05, 0.1) is 23.5 Å². The van der Waals surface area contributed by atoms with Crippen LogP contribution in [0, 0.1) is 0 Å². The lowest BCUT2D eigenvalue weighted by Crippen LogP contribution is -2.14. The van der Waals surface area contributed by atoms with E-state index in [1.807, 2.05) is 6.92 Å². The number of nitrogens with one attached hydrogen (secondary N) is 1. The van der Waals surface area contributed by atoms with Gasteiger partial charge in [-0.3, -0.25) is 9.48 Å². The van der Waals surface area contributed by atoms with Crippen molar-refractivity contribution in [3.05, 3.63) is 35.2 Å². The van der Waals surface area contributed by atoms with Crippen LogP contribution < -0.4 is 10.1 Å². The number of anilines is 1. The van der Waals surface area contributed by atoms with Gasteiger partial charge in [0.1, 0.15) is 0 Å². The Morgan fingerprint density at radius 1 is 1.53 bits per heavy atom. The number of amides is 1. The van der Waals surface area contributed by atoms with Crippen LogP contribution in [0.1, 0.15) is 17.4 Å². The standard InChI is InChI=1S/C12H13ClN4O2/c1-3-19-10-5-4-9(13)11(16-10)12(18)15-8-6-14-17(2)7-8/h4-7H,3H2,1-2H3,(H,15,18). The molecule has 2 aromatic heterocycles. The van der Waals surface area contributed by atoms with Crippen LogP contribution in [0.3, 0.4) is 0 Å². The van der Waals surface area contributed by atoms with Crippen molar-refractivity contribution in [1.82, 2.24) is 14.8 Å². The van der Waals surface area contributed by atoms with E-state index in [2.05, 4.69) is 15.4 Å². The molecule has 0 aliphatic heterocycles. The minimum absolute atomic E-state index is 0.122. The van der Waals surface area contributed by atoms with E-state index in [1.54, 1.807) is 30.1 Å². The summed E-state index contributed by atoms with van der Waals surface area (Å²) in [6.07, 6.45) is 3.22. The molecule has 0 saturated carbocycles. The number of carbonyl (C=O) groups excluding carboxylic acids is 1. The highest BCUT2D eigenvalue weighted by Crippen LogP contribution is 2.19. The first-order valence-electron chi connectivity index (χ1n) is 5.69. The van der Waals surface area contributed by atoms with E-state index in [0.717, 1.165) is 0 Å². The average molecular weight is 281 g/mol. The minimum Gasteiger partial charge on any atom is -0.478 e. The summed E-state index contributed by atoms with van der Waals surface area (Å²) >= 11 is 5.96. The van der Waals surface area contributed by atoms with Crippen molar-refractivity contribution in [2.75, 3.05) is 11.9 Å². The number of rotatable bonds is 4. The molecule has 2 heterocycles. The smallest absolute Gasteiger partial charge is 0.276 e. The predicted octanol–water partition coefficient (Wildman–Crippen LogP) is 2.12. The number of aromatic nitrogens is 3. The molecule has 2 rings (SSSR count). The third kappa shape index (κ3) is 3.23. The van der Waals surface area contributed by atoms with Gasteiger partial charge in [-0.2, -0.15) is 5.10 Å². The maximum Gasteiger partial charge on any atom is 0.276 e. The van der Waals surface area contributed by atoms with E-state index in [9.17, 15) is 4.79 Å². The highest BCUT2D eigenvalue weighted by Gasteiger charge is 2.14. The zero-order valence-electron chi connectivity index (χ0n) is 10.6. The van der Waals surface area contributed by atoms with Crippen LogP contribution >= 0.6 is 11.6 Å². The maximum absolute atomic E-state index is 12.1. The van der Waals surface area contributed by atoms with E-state index in [0.29, 0.717) is 18.2 Å². The molecule has 0 aliphatic rings. The first-order valence-corrected chi connectivity index (χ1v) is 6.07. The fourth-order valence-electron chi connectivity index (χ4n) is 1.49. The summed E-state index contributed by atoms with van der Waals surface area (Å²) in [7, 11) is 1.76. The van der Waals surface area contributed by atoms with Crippen molar-refractivity contribution >= 4 is 23.2 Å². The van der Waals surface area contributed by atoms with E-state index in [-0.39, 0.29) is 10.7 Å². The zero-order chi connectivity index (χ0) is 13.8. The number of aryl methyl sites for hydroxylation is 1. The minimum atomic E-state index is -0.403. The van der Waals surface area contributed by atoms with Crippen LogP contribution in [-0.4, -0.2) is 27.3 Å². The van der Waals surface area contributed by atoms with Crippen molar-refractivity contribution in [1.29, 1.82) is 0 Å². The SMILES string of the molecule is CCOc1ccc(Cl)c(C(=O)Nc2cnn(C)c2)n1. The largest absolute Gasteiger partial charge is 0.478 e. The Morgan fingerprint density at radius 3 is 2.95 bits per heavy atom. The number of carbonyl (C=O) groups is 1. The molecule has 0 aliphatic carbocycles. The second-order valence-electron chi connectivity index (χ2n) is 3.77. The van der Waals surface area contributed by atoms with Gasteiger partial charge in [0.25, 0.3) is 5.91 Å². The highest BCUT2D eigenvalue weighted by atomic mass is 35.5. The lowest BCUT2D eigenvalue weighted by atomic mass is 10.3. The van der Waals surface area contributed by atoms with Crippen LogP contribution in [0.5, 0.6) is 5.88 Å². The van der Waals surface area contributed by atoms with Gasteiger partial charge in [-0.25, -0.2) is 4.98 Å². The predicted molar refractivity (Wildman–Crippen MR) is 71.6 cm³/mol. The fourth-order valence-corrected chi connectivity index (χ4v) is 1.68. The Labute approximate surface area is 115 Å². The Morgan fingerprint density at radius 2 is 2.32 bits per heavy atom. The highest BCUT2D eigenvalue weighted by molar-refractivity contribution is 6.34. The van der Waals surface area contributed by atoms with Crippen LogP contribution in [0.4, 0.5) is 5.69 Å². The van der Waals surface area contributed by atoms with Crippen molar-refractivity contribution in [3.63, 3.8) is 0 Å². The summed E-state index contributed by atoms with van der Waals surface area (Å²) < 4.78 is 6.82. The molecule has 1 amide bonds. The molecule has 6 nitrogen and oxygen atoms in total. The van der Waals surface area contributed by atoms with Gasteiger partial charge in [0.15, 0.2) is 5.69 Å². The molecule has 19 heavy (non-hydrogen) atoms. The van der Waals surface area contributed by atoms with Gasteiger partial charge in [-0.1, -0.05) is 11.6 Å². The van der Waals surface area contributed by atoms with Gasteiger partial charge >= 0.3 is 0 Å². The normalized spacial score (nSPS) is 10.3. The van der Waals surface area contributed by atoms with Crippen LogP contribution in [0.15, 0.2) is 24.5 Å². The molecule has 1 N–H and O–H groups in total. The third-order valence-electron chi connectivity index (χ3n) is 2.29. The molecule has 0 unspecified atom stereocenters. The number of nitrogens with zero attached hydrogens (tertiary/aromatic N) is 3. The van der Waals surface area contributed by atoms with Crippen molar-refractivity contribution in [2.45, 2.75) is 6.92 Å². The second kappa shape index (κ2) is 5.71. The van der Waals surface area contributed by atoms with Crippen molar-refractivity contribution in [2.24, 2.45) is 7.05 Å². The number of hydrogen-bond acceptors (Lipinski definition) is 4. The molecule has 0 saturated heterocycles. The van der Waals surface area contributed by atoms with E-state index < -0.39 is 5.91 Å². The Balaban J connectivity index is 2.20. The molecule has 0 bridgehead atoms. The van der Waals surface area contributed by atoms with E-state index >= 15 is 0 Å². The molecule has 2 aromatic rings. The van der Waals surface area contributed by atoms with Crippen molar-refractivity contribution in [3.8, 4) is 5.88 Å². The summed E-state index contributed by atoms with van der Waals surface area (Å²) in [5.74, 6) is -0.0391. The first kappa shape index (κ1) is 13.4. The monoisotopic (exact) mass is 280 g/mol.